The highest BCUT2D eigenvalue weighted by molar-refractivity contribution is 7.09. The molecule has 7 nitrogen and oxygen atoms in total. The number of urea groups is 1. The summed E-state index contributed by atoms with van der Waals surface area (Å²) in [6, 6.07) is 7.32. The Labute approximate surface area is 169 Å². The van der Waals surface area contributed by atoms with Gasteiger partial charge in [-0.1, -0.05) is 12.1 Å². The van der Waals surface area contributed by atoms with Gasteiger partial charge in [-0.3, -0.25) is 4.79 Å². The first-order valence-electron chi connectivity index (χ1n) is 9.07. The molecule has 0 unspecified atom stereocenters. The summed E-state index contributed by atoms with van der Waals surface area (Å²) in [6.45, 7) is 8.05. The number of esters is 1. The van der Waals surface area contributed by atoms with Gasteiger partial charge in [0, 0.05) is 11.9 Å². The number of hydrogen-bond donors (Lipinski definition) is 2. The van der Waals surface area contributed by atoms with E-state index in [4.69, 9.17) is 9.47 Å². The van der Waals surface area contributed by atoms with E-state index in [0.29, 0.717) is 19.6 Å². The average Bonchev–Trinajstić information content (AvgIpc) is 3.03. The molecule has 28 heavy (non-hydrogen) atoms. The fraction of sp³-hybridized carbons (Fsp3) is 0.450. The summed E-state index contributed by atoms with van der Waals surface area (Å²) in [7, 11) is 0. The third-order valence-corrected chi connectivity index (χ3v) is 4.31. The Kier molecular flexibility index (Phi) is 7.80. The van der Waals surface area contributed by atoms with Crippen molar-refractivity contribution < 1.29 is 19.1 Å². The minimum absolute atomic E-state index is 0.159. The molecule has 0 saturated carbocycles. The molecule has 0 aliphatic rings. The van der Waals surface area contributed by atoms with Crippen molar-refractivity contribution in [3.8, 4) is 5.75 Å². The molecule has 0 bridgehead atoms. The number of aryl methyl sites for hydroxylation is 1. The molecule has 152 valence electrons. The summed E-state index contributed by atoms with van der Waals surface area (Å²) in [5, 5.41) is 8.22. The van der Waals surface area contributed by atoms with Crippen LogP contribution < -0.4 is 15.4 Å². The maximum absolute atomic E-state index is 11.7. The molecule has 2 amide bonds. The number of thiazole rings is 1. The first kappa shape index (κ1) is 21.7. The quantitative estimate of drug-likeness (QED) is 0.658. The zero-order valence-electron chi connectivity index (χ0n) is 16.7. The Morgan fingerprint density at radius 2 is 1.86 bits per heavy atom. The molecule has 0 radical (unpaired) electrons. The molecule has 0 aliphatic heterocycles. The van der Waals surface area contributed by atoms with Crippen LogP contribution in [-0.4, -0.2) is 35.7 Å². The van der Waals surface area contributed by atoms with Crippen molar-refractivity contribution in [2.24, 2.45) is 0 Å². The standard InChI is InChI=1S/C20H27N3O4S/c1-14-23-16(13-28-14)12-26-17-7-5-15(6-8-17)9-10-21-19(25)22-11-18(24)27-20(2,3)4/h5-8,13H,9-12H2,1-4H3,(H2,21,22,25). The van der Waals surface area contributed by atoms with Gasteiger partial charge in [-0.2, -0.15) is 0 Å². The molecule has 0 saturated heterocycles. The van der Waals surface area contributed by atoms with Gasteiger partial charge in [0.2, 0.25) is 0 Å². The molecule has 0 spiro atoms. The summed E-state index contributed by atoms with van der Waals surface area (Å²) < 4.78 is 10.8. The van der Waals surface area contributed by atoms with Crippen LogP contribution >= 0.6 is 11.3 Å². The minimum Gasteiger partial charge on any atom is -0.487 e. The van der Waals surface area contributed by atoms with Gasteiger partial charge >= 0.3 is 12.0 Å². The molecule has 1 heterocycles. The maximum Gasteiger partial charge on any atom is 0.325 e. The fourth-order valence-electron chi connectivity index (χ4n) is 2.30. The number of aromatic nitrogens is 1. The summed E-state index contributed by atoms with van der Waals surface area (Å²) in [5.41, 5.74) is 1.43. The van der Waals surface area contributed by atoms with Gasteiger partial charge in [-0.25, -0.2) is 9.78 Å². The highest BCUT2D eigenvalue weighted by atomic mass is 32.1. The van der Waals surface area contributed by atoms with Crippen LogP contribution in [0, 0.1) is 6.92 Å². The lowest BCUT2D eigenvalue weighted by molar-refractivity contribution is -0.153. The van der Waals surface area contributed by atoms with Crippen LogP contribution in [0.1, 0.15) is 37.0 Å². The van der Waals surface area contributed by atoms with Crippen LogP contribution in [0.15, 0.2) is 29.6 Å². The Balaban J connectivity index is 1.64. The summed E-state index contributed by atoms with van der Waals surface area (Å²) >= 11 is 1.60. The Bertz CT molecular complexity index is 781. The van der Waals surface area contributed by atoms with E-state index in [0.717, 1.165) is 22.0 Å². The first-order chi connectivity index (χ1) is 13.2. The number of carbonyl (C=O) groups is 2. The third kappa shape index (κ3) is 8.39. The molecule has 0 aliphatic carbocycles. The van der Waals surface area contributed by atoms with Gasteiger partial charge in [-0.05, 0) is 51.8 Å². The lowest BCUT2D eigenvalue weighted by Crippen LogP contribution is -2.41. The van der Waals surface area contributed by atoms with E-state index >= 15 is 0 Å². The second-order valence-corrected chi connectivity index (χ2v) is 8.30. The van der Waals surface area contributed by atoms with Crippen LogP contribution in [0.4, 0.5) is 4.79 Å². The molecule has 2 aromatic rings. The van der Waals surface area contributed by atoms with Gasteiger partial charge in [0.25, 0.3) is 0 Å². The number of nitrogens with zero attached hydrogens (tertiary/aromatic N) is 1. The van der Waals surface area contributed by atoms with E-state index < -0.39 is 17.6 Å². The van der Waals surface area contributed by atoms with Gasteiger partial charge in [0.1, 0.15) is 24.5 Å². The van der Waals surface area contributed by atoms with Gasteiger partial charge in [0.15, 0.2) is 0 Å². The van der Waals surface area contributed by atoms with Gasteiger partial charge < -0.3 is 20.1 Å². The Morgan fingerprint density at radius 1 is 1.14 bits per heavy atom. The second-order valence-electron chi connectivity index (χ2n) is 7.24. The summed E-state index contributed by atoms with van der Waals surface area (Å²) in [6.07, 6.45) is 0.672. The highest BCUT2D eigenvalue weighted by Crippen LogP contribution is 2.15. The topological polar surface area (TPSA) is 89.5 Å². The first-order valence-corrected chi connectivity index (χ1v) is 9.95. The molecule has 2 N–H and O–H groups in total. The Hall–Kier alpha value is -2.61. The average molecular weight is 406 g/mol. The van der Waals surface area contributed by atoms with Crippen LogP contribution in [0.25, 0.3) is 0 Å². The smallest absolute Gasteiger partial charge is 0.325 e. The van der Waals surface area contributed by atoms with Crippen molar-refractivity contribution in [2.75, 3.05) is 13.1 Å². The molecule has 8 heteroatoms. The normalized spacial score (nSPS) is 11.0. The number of carbonyl (C=O) groups excluding carboxylic acids is 2. The van der Waals surface area contributed by atoms with Crippen molar-refractivity contribution in [3.63, 3.8) is 0 Å². The number of ether oxygens (including phenoxy) is 2. The van der Waals surface area contributed by atoms with E-state index in [-0.39, 0.29) is 6.54 Å². The molecule has 0 atom stereocenters. The molecule has 1 aromatic carbocycles. The third-order valence-electron chi connectivity index (χ3n) is 3.49. The lowest BCUT2D eigenvalue weighted by atomic mass is 10.1. The van der Waals surface area contributed by atoms with E-state index in [1.54, 1.807) is 32.1 Å². The predicted octanol–water partition coefficient (Wildman–Crippen LogP) is 3.21. The number of hydrogen-bond acceptors (Lipinski definition) is 6. The van der Waals surface area contributed by atoms with Crippen molar-refractivity contribution in [1.29, 1.82) is 0 Å². The minimum atomic E-state index is -0.565. The van der Waals surface area contributed by atoms with Gasteiger partial charge in [-0.15, -0.1) is 11.3 Å². The molecule has 1 aromatic heterocycles. The fourth-order valence-corrected chi connectivity index (χ4v) is 2.89. The van der Waals surface area contributed by atoms with Crippen LogP contribution in [-0.2, 0) is 22.6 Å². The van der Waals surface area contributed by atoms with Gasteiger partial charge in [0.05, 0.1) is 10.7 Å². The molecular formula is C20H27N3O4S. The van der Waals surface area contributed by atoms with E-state index in [1.165, 1.54) is 0 Å². The number of benzene rings is 1. The maximum atomic E-state index is 11.7. The zero-order chi connectivity index (χ0) is 20.6. The second kappa shape index (κ2) is 10.1. The van der Waals surface area contributed by atoms with Crippen molar-refractivity contribution in [3.05, 3.63) is 45.9 Å². The largest absolute Gasteiger partial charge is 0.487 e. The summed E-state index contributed by atoms with van der Waals surface area (Å²) in [4.78, 5) is 27.6. The molecule has 2 rings (SSSR count). The number of amides is 2. The molecule has 0 fully saturated rings. The Morgan fingerprint density at radius 3 is 2.46 bits per heavy atom. The SMILES string of the molecule is Cc1nc(COc2ccc(CCNC(=O)NCC(=O)OC(C)(C)C)cc2)cs1. The lowest BCUT2D eigenvalue weighted by Gasteiger charge is -2.19. The molecular weight excluding hydrogens is 378 g/mol. The van der Waals surface area contributed by atoms with Crippen molar-refractivity contribution >= 4 is 23.3 Å². The van der Waals surface area contributed by atoms with Crippen molar-refractivity contribution in [2.45, 2.75) is 46.3 Å². The van der Waals surface area contributed by atoms with Crippen LogP contribution in [0.3, 0.4) is 0 Å². The number of rotatable bonds is 8. The van der Waals surface area contributed by atoms with E-state index in [2.05, 4.69) is 15.6 Å². The van der Waals surface area contributed by atoms with Crippen molar-refractivity contribution in [1.82, 2.24) is 15.6 Å². The van der Waals surface area contributed by atoms with Crippen LogP contribution in [0.5, 0.6) is 5.75 Å². The number of nitrogens with one attached hydrogen (secondary N) is 2. The monoisotopic (exact) mass is 405 g/mol. The van der Waals surface area contributed by atoms with E-state index in [9.17, 15) is 9.59 Å². The predicted molar refractivity (Wildman–Crippen MR) is 109 cm³/mol. The van der Waals surface area contributed by atoms with Crippen LogP contribution in [0.2, 0.25) is 0 Å². The summed E-state index contributed by atoms with van der Waals surface area (Å²) in [5.74, 6) is 0.309. The van der Waals surface area contributed by atoms with E-state index in [1.807, 2.05) is 36.6 Å². The zero-order valence-corrected chi connectivity index (χ0v) is 17.5. The highest BCUT2D eigenvalue weighted by Gasteiger charge is 2.16.